The summed E-state index contributed by atoms with van der Waals surface area (Å²) in [6, 6.07) is 2.09. The quantitative estimate of drug-likeness (QED) is 0.608. The van der Waals surface area contributed by atoms with Crippen LogP contribution in [0.1, 0.15) is 50.1 Å². The molecule has 3 rings (SSSR count). The molecule has 2 saturated heterocycles. The lowest BCUT2D eigenvalue weighted by atomic mass is 9.93. The van der Waals surface area contributed by atoms with Gasteiger partial charge in [-0.25, -0.2) is 23.3 Å². The standard InChI is InChI=1S/C13H15F2NO2.C7H9NO5/c1-18-13(17)12-4-2-3-11(16-12)8-5-6-9(14)10(15)7-8;9-5-3-1-2-4(6(10)11)8(5)7(12)13/h5-7,11-12,16H,2-4H2,1H3;4H,1-3H2,(H,10,11)(H,12,13)/t11-,12+;4-/m01/s1. The number of ether oxygens (including phenoxy) is 1. The Morgan fingerprint density at radius 2 is 1.81 bits per heavy atom. The first-order chi connectivity index (χ1) is 14.6. The molecule has 2 aliphatic rings. The minimum atomic E-state index is -1.49. The number of carboxylic acid groups (broad SMARTS) is 2. The van der Waals surface area contributed by atoms with Gasteiger partial charge in [0, 0.05) is 12.5 Å². The number of methoxy groups -OCH3 is 1. The zero-order chi connectivity index (χ0) is 23.1. The molecule has 170 valence electrons. The molecule has 2 amide bonds. The maximum Gasteiger partial charge on any atom is 0.414 e. The molecule has 2 heterocycles. The molecule has 3 atom stereocenters. The molecule has 2 aliphatic heterocycles. The number of hydrogen-bond donors (Lipinski definition) is 3. The number of esters is 1. The fourth-order valence-corrected chi connectivity index (χ4v) is 3.60. The molecule has 0 unspecified atom stereocenters. The van der Waals surface area contributed by atoms with E-state index in [1.165, 1.54) is 19.2 Å². The molecule has 1 aromatic rings. The zero-order valence-electron chi connectivity index (χ0n) is 16.8. The Morgan fingerprint density at radius 3 is 2.35 bits per heavy atom. The summed E-state index contributed by atoms with van der Waals surface area (Å²) in [5, 5.41) is 20.3. The van der Waals surface area contributed by atoms with E-state index in [1.54, 1.807) is 0 Å². The second-order valence-electron chi connectivity index (χ2n) is 7.19. The number of carbonyl (C=O) groups is 4. The van der Waals surface area contributed by atoms with Crippen molar-refractivity contribution in [2.75, 3.05) is 7.11 Å². The van der Waals surface area contributed by atoms with Crippen LogP contribution in [-0.2, 0) is 19.1 Å². The third-order valence-electron chi connectivity index (χ3n) is 5.16. The van der Waals surface area contributed by atoms with Crippen molar-refractivity contribution in [1.82, 2.24) is 10.2 Å². The summed E-state index contributed by atoms with van der Waals surface area (Å²) in [5.74, 6) is -3.95. The monoisotopic (exact) mass is 442 g/mol. The number of nitrogens with zero attached hydrogens (tertiary/aromatic N) is 1. The third kappa shape index (κ3) is 6.20. The molecule has 11 heteroatoms. The van der Waals surface area contributed by atoms with Gasteiger partial charge < -0.3 is 14.9 Å². The second-order valence-corrected chi connectivity index (χ2v) is 7.19. The highest BCUT2D eigenvalue weighted by molar-refractivity contribution is 5.96. The van der Waals surface area contributed by atoms with E-state index < -0.39 is 35.6 Å². The third-order valence-corrected chi connectivity index (χ3v) is 5.16. The molecule has 0 spiro atoms. The lowest BCUT2D eigenvalue weighted by Gasteiger charge is -2.29. The number of piperidine rings is 2. The minimum Gasteiger partial charge on any atom is -0.480 e. The number of rotatable bonds is 3. The Labute approximate surface area is 177 Å². The molecule has 0 radical (unpaired) electrons. The summed E-state index contributed by atoms with van der Waals surface area (Å²) in [4.78, 5) is 44.0. The van der Waals surface area contributed by atoms with Crippen molar-refractivity contribution in [2.45, 2.75) is 56.7 Å². The summed E-state index contributed by atoms with van der Waals surface area (Å²) < 4.78 is 30.7. The van der Waals surface area contributed by atoms with E-state index in [2.05, 4.69) is 10.1 Å². The topological polar surface area (TPSA) is 133 Å². The van der Waals surface area contributed by atoms with E-state index in [1.807, 2.05) is 0 Å². The van der Waals surface area contributed by atoms with Gasteiger partial charge in [-0.1, -0.05) is 6.07 Å². The van der Waals surface area contributed by atoms with Crippen molar-refractivity contribution in [1.29, 1.82) is 0 Å². The number of benzene rings is 1. The summed E-state index contributed by atoms with van der Waals surface area (Å²) in [6.45, 7) is 0. The van der Waals surface area contributed by atoms with E-state index in [4.69, 9.17) is 10.2 Å². The van der Waals surface area contributed by atoms with Crippen molar-refractivity contribution >= 4 is 23.9 Å². The maximum absolute atomic E-state index is 13.2. The van der Waals surface area contributed by atoms with Crippen LogP contribution in [0.3, 0.4) is 0 Å². The first kappa shape index (κ1) is 24.2. The van der Waals surface area contributed by atoms with Crippen molar-refractivity contribution in [2.24, 2.45) is 0 Å². The van der Waals surface area contributed by atoms with Crippen LogP contribution in [0.4, 0.5) is 13.6 Å². The predicted octanol–water partition coefficient (Wildman–Crippen LogP) is 2.45. The van der Waals surface area contributed by atoms with Gasteiger partial charge in [-0.3, -0.25) is 14.9 Å². The van der Waals surface area contributed by atoms with Crippen LogP contribution in [0.25, 0.3) is 0 Å². The molecule has 0 saturated carbocycles. The number of amides is 2. The SMILES string of the molecule is COC(=O)[C@H]1CCC[C@@H](c2ccc(F)c(F)c2)N1.O=C(O)[C@H]1CCCC(=O)N1C(=O)O. The van der Waals surface area contributed by atoms with Crippen molar-refractivity contribution < 1.29 is 42.9 Å². The smallest absolute Gasteiger partial charge is 0.414 e. The summed E-state index contributed by atoms with van der Waals surface area (Å²) >= 11 is 0. The summed E-state index contributed by atoms with van der Waals surface area (Å²) in [6.07, 6.45) is 1.59. The molecule has 3 N–H and O–H groups in total. The highest BCUT2D eigenvalue weighted by Crippen LogP contribution is 2.27. The van der Waals surface area contributed by atoms with Crippen molar-refractivity contribution in [3.63, 3.8) is 0 Å². The summed E-state index contributed by atoms with van der Waals surface area (Å²) in [5.41, 5.74) is 0.655. The second kappa shape index (κ2) is 10.8. The molecule has 1 aromatic carbocycles. The Hall–Kier alpha value is -3.08. The van der Waals surface area contributed by atoms with Gasteiger partial charge in [-0.05, 0) is 49.8 Å². The maximum atomic E-state index is 13.2. The van der Waals surface area contributed by atoms with E-state index >= 15 is 0 Å². The molecular formula is C20H24F2N2O7. The number of carboxylic acids is 1. The number of likely N-dealkylation sites (tertiary alicyclic amines) is 1. The van der Waals surface area contributed by atoms with Gasteiger partial charge in [0.1, 0.15) is 12.1 Å². The van der Waals surface area contributed by atoms with Crippen LogP contribution in [0.5, 0.6) is 0 Å². The van der Waals surface area contributed by atoms with Crippen LogP contribution in [-0.4, -0.2) is 58.2 Å². The van der Waals surface area contributed by atoms with Gasteiger partial charge >= 0.3 is 18.0 Å². The molecule has 0 bridgehead atoms. The van der Waals surface area contributed by atoms with Crippen molar-refractivity contribution in [3.8, 4) is 0 Å². The molecule has 0 aliphatic carbocycles. The highest BCUT2D eigenvalue weighted by Gasteiger charge is 2.37. The molecule has 9 nitrogen and oxygen atoms in total. The minimum absolute atomic E-state index is 0.107. The molecule has 31 heavy (non-hydrogen) atoms. The number of hydrogen-bond acceptors (Lipinski definition) is 6. The fourth-order valence-electron chi connectivity index (χ4n) is 3.60. The average molecular weight is 442 g/mol. The zero-order valence-corrected chi connectivity index (χ0v) is 16.8. The van der Waals surface area contributed by atoms with Crippen molar-refractivity contribution in [3.05, 3.63) is 35.4 Å². The number of imide groups is 1. The Kier molecular flexibility index (Phi) is 8.43. The highest BCUT2D eigenvalue weighted by atomic mass is 19.2. The Bertz CT molecular complexity index is 849. The summed E-state index contributed by atoms with van der Waals surface area (Å²) in [7, 11) is 1.34. The van der Waals surface area contributed by atoms with Gasteiger partial charge in [0.05, 0.1) is 7.11 Å². The average Bonchev–Trinajstić information content (AvgIpc) is 2.75. The first-order valence-electron chi connectivity index (χ1n) is 9.72. The van der Waals surface area contributed by atoms with E-state index in [0.29, 0.717) is 23.3 Å². The van der Waals surface area contributed by atoms with Crippen LogP contribution in [0.2, 0.25) is 0 Å². The Balaban J connectivity index is 0.000000233. The lowest BCUT2D eigenvalue weighted by Crippen LogP contribution is -2.50. The van der Waals surface area contributed by atoms with E-state index in [-0.39, 0.29) is 30.9 Å². The number of aliphatic carboxylic acids is 1. The van der Waals surface area contributed by atoms with Gasteiger partial charge in [0.2, 0.25) is 5.91 Å². The fraction of sp³-hybridized carbons (Fsp3) is 0.500. The Morgan fingerprint density at radius 1 is 1.10 bits per heavy atom. The van der Waals surface area contributed by atoms with Crippen LogP contribution in [0.15, 0.2) is 18.2 Å². The van der Waals surface area contributed by atoms with Gasteiger partial charge in [0.15, 0.2) is 11.6 Å². The molecule has 2 fully saturated rings. The number of halogens is 2. The van der Waals surface area contributed by atoms with Crippen LogP contribution in [0, 0.1) is 11.6 Å². The molecule has 0 aromatic heterocycles. The largest absolute Gasteiger partial charge is 0.480 e. The van der Waals surface area contributed by atoms with Crippen LogP contribution >= 0.6 is 0 Å². The first-order valence-corrected chi connectivity index (χ1v) is 9.72. The van der Waals surface area contributed by atoms with Gasteiger partial charge in [-0.15, -0.1) is 0 Å². The van der Waals surface area contributed by atoms with E-state index in [0.717, 1.165) is 18.9 Å². The van der Waals surface area contributed by atoms with Gasteiger partial charge in [0.25, 0.3) is 0 Å². The van der Waals surface area contributed by atoms with Crippen LogP contribution < -0.4 is 5.32 Å². The van der Waals surface area contributed by atoms with E-state index in [9.17, 15) is 28.0 Å². The lowest BCUT2D eigenvalue weighted by molar-refractivity contribution is -0.150. The number of nitrogens with one attached hydrogen (secondary N) is 1. The predicted molar refractivity (Wildman–Crippen MR) is 102 cm³/mol. The molecular weight excluding hydrogens is 418 g/mol. The number of carbonyl (C=O) groups excluding carboxylic acids is 2. The normalized spacial score (nSPS) is 23.4. The van der Waals surface area contributed by atoms with Gasteiger partial charge in [-0.2, -0.15) is 0 Å².